The van der Waals surface area contributed by atoms with Gasteiger partial charge in [0.1, 0.15) is 0 Å². The second kappa shape index (κ2) is 10.0. The van der Waals surface area contributed by atoms with Crippen molar-refractivity contribution in [1.82, 2.24) is 9.78 Å². The Balaban J connectivity index is 1.43. The Kier molecular flexibility index (Phi) is 6.69. The van der Waals surface area contributed by atoms with Crippen molar-refractivity contribution in [3.8, 4) is 5.69 Å². The summed E-state index contributed by atoms with van der Waals surface area (Å²) < 4.78 is 7.99. The van der Waals surface area contributed by atoms with E-state index in [9.17, 15) is 29.6 Å². The molecule has 3 N–H and O–H groups in total. The van der Waals surface area contributed by atoms with E-state index in [2.05, 4.69) is 5.10 Å². The van der Waals surface area contributed by atoms with E-state index in [0.717, 1.165) is 5.56 Å². The molecule has 218 valence electrons. The molecule has 4 atom stereocenters. The van der Waals surface area contributed by atoms with Crippen molar-refractivity contribution >= 4 is 36.5 Å². The Morgan fingerprint density at radius 2 is 1.86 bits per heavy atom. The molecule has 3 aromatic carbocycles. The molecule has 12 heteroatoms. The lowest BCUT2D eigenvalue weighted by Crippen LogP contribution is -2.46. The number of aromatic nitrogens is 2. The summed E-state index contributed by atoms with van der Waals surface area (Å²) in [7, 11) is -2.90. The standard InChI is InChI=1S/C30H32N4O7Si/c1-18-27(42(2,3)40)26(13-14-35)41-30(18)23-16-21(34(38)39)11-12-25(23)32(29(30)37)17-19-7-6-8-20(15-19)33-28(36)22-9-4-5-10-24(22)31-33/h4-12,15-16,18,26-27,31,35,40H,13-14,17H2,1-3H3/t18-,26+,27-,30+/m0/s1. The Hall–Kier alpha value is -4.10. The SMILES string of the molecule is C[C@H]1[C@H]([Si](C)(C)O)[C@@H](CCO)O[C@]12C(=O)N(Cc1cccc(-n3[nH]c4ccccc4c3=O)c1)c1ccc([N+](=O)[O-])cc12. The van der Waals surface area contributed by atoms with E-state index in [-0.39, 0.29) is 36.7 Å². The minimum absolute atomic E-state index is 0.125. The maximum atomic E-state index is 14.5. The van der Waals surface area contributed by atoms with Crippen LogP contribution in [0.3, 0.4) is 0 Å². The summed E-state index contributed by atoms with van der Waals surface area (Å²) in [5.41, 5.74) is 0.618. The van der Waals surface area contributed by atoms with Crippen molar-refractivity contribution in [1.29, 1.82) is 0 Å². The van der Waals surface area contributed by atoms with Gasteiger partial charge in [0.05, 0.1) is 39.8 Å². The molecular weight excluding hydrogens is 556 g/mol. The average Bonchev–Trinajstić information content (AvgIpc) is 3.53. The molecule has 0 aliphatic carbocycles. The van der Waals surface area contributed by atoms with Gasteiger partial charge in [0, 0.05) is 35.8 Å². The number of aliphatic hydroxyl groups excluding tert-OH is 1. The van der Waals surface area contributed by atoms with Gasteiger partial charge in [-0.05, 0) is 55.4 Å². The number of nitro groups is 1. The van der Waals surface area contributed by atoms with Crippen LogP contribution < -0.4 is 10.5 Å². The minimum atomic E-state index is -2.90. The normalized spacial score (nSPS) is 23.7. The Bertz CT molecular complexity index is 1780. The number of non-ortho nitro benzene ring substituents is 1. The van der Waals surface area contributed by atoms with Crippen LogP contribution in [0.15, 0.2) is 71.5 Å². The van der Waals surface area contributed by atoms with Gasteiger partial charge < -0.3 is 19.5 Å². The van der Waals surface area contributed by atoms with Gasteiger partial charge in [-0.25, -0.2) is 4.68 Å². The van der Waals surface area contributed by atoms with E-state index in [1.807, 2.05) is 31.2 Å². The molecule has 11 nitrogen and oxygen atoms in total. The number of H-pyrrole nitrogens is 1. The Morgan fingerprint density at radius 3 is 2.55 bits per heavy atom. The number of carbonyl (C=O) groups is 1. The van der Waals surface area contributed by atoms with Crippen LogP contribution >= 0.6 is 0 Å². The number of rotatable bonds is 7. The lowest BCUT2D eigenvalue weighted by atomic mass is 9.82. The molecule has 1 spiro atoms. The number of hydrogen-bond donors (Lipinski definition) is 3. The Labute approximate surface area is 242 Å². The topological polar surface area (TPSA) is 151 Å². The van der Waals surface area contributed by atoms with E-state index in [1.165, 1.54) is 16.8 Å². The number of amides is 1. The van der Waals surface area contributed by atoms with Crippen LogP contribution in [-0.4, -0.2) is 51.5 Å². The lowest BCUT2D eigenvalue weighted by Gasteiger charge is -2.32. The van der Waals surface area contributed by atoms with Gasteiger partial charge in [0.25, 0.3) is 17.2 Å². The molecule has 2 aliphatic rings. The van der Waals surface area contributed by atoms with E-state index in [4.69, 9.17) is 4.74 Å². The fraction of sp³-hybridized carbons (Fsp3) is 0.333. The number of para-hydroxylation sites is 1. The second-order valence-electron chi connectivity index (χ2n) is 11.7. The highest BCUT2D eigenvalue weighted by molar-refractivity contribution is 6.71. The first-order chi connectivity index (χ1) is 20.0. The molecule has 4 aromatic rings. The minimum Gasteiger partial charge on any atom is -0.432 e. The van der Waals surface area contributed by atoms with Crippen molar-refractivity contribution < 1.29 is 24.4 Å². The first kappa shape index (κ1) is 28.0. The van der Waals surface area contributed by atoms with Crippen LogP contribution in [0, 0.1) is 16.0 Å². The number of fused-ring (bicyclic) bond motifs is 3. The Morgan fingerprint density at radius 1 is 1.10 bits per heavy atom. The molecule has 0 radical (unpaired) electrons. The van der Waals surface area contributed by atoms with Gasteiger partial charge in [-0.1, -0.05) is 31.2 Å². The number of nitrogens with zero attached hydrogens (tertiary/aromatic N) is 3. The van der Waals surface area contributed by atoms with Gasteiger partial charge in [-0.2, -0.15) is 0 Å². The molecule has 42 heavy (non-hydrogen) atoms. The van der Waals surface area contributed by atoms with Gasteiger partial charge in [-0.15, -0.1) is 0 Å². The van der Waals surface area contributed by atoms with Crippen LogP contribution in [0.1, 0.15) is 24.5 Å². The summed E-state index contributed by atoms with van der Waals surface area (Å²) in [6, 6.07) is 18.8. The predicted octanol–water partition coefficient (Wildman–Crippen LogP) is 3.95. The summed E-state index contributed by atoms with van der Waals surface area (Å²) in [6.07, 6.45) is -0.364. The van der Waals surface area contributed by atoms with Crippen LogP contribution in [0.4, 0.5) is 11.4 Å². The lowest BCUT2D eigenvalue weighted by molar-refractivity contribution is -0.385. The highest BCUT2D eigenvalue weighted by Gasteiger charge is 2.66. The van der Waals surface area contributed by atoms with Gasteiger partial charge in [0.15, 0.2) is 13.9 Å². The number of anilines is 1. The predicted molar refractivity (Wildman–Crippen MR) is 159 cm³/mol. The van der Waals surface area contributed by atoms with Crippen molar-refractivity contribution in [3.63, 3.8) is 0 Å². The first-order valence-corrected chi connectivity index (χ1v) is 16.9. The zero-order chi connectivity index (χ0) is 30.0. The van der Waals surface area contributed by atoms with E-state index >= 15 is 0 Å². The summed E-state index contributed by atoms with van der Waals surface area (Å²) in [5, 5.41) is 25.2. The number of aromatic amines is 1. The summed E-state index contributed by atoms with van der Waals surface area (Å²) in [6.45, 7) is 5.35. The quantitative estimate of drug-likeness (QED) is 0.168. The van der Waals surface area contributed by atoms with Crippen LogP contribution in [0.2, 0.25) is 18.6 Å². The maximum Gasteiger partial charge on any atom is 0.279 e. The number of aliphatic hydroxyl groups is 1. The number of nitrogens with one attached hydrogen (secondary N) is 1. The van der Waals surface area contributed by atoms with Crippen molar-refractivity contribution in [2.45, 2.75) is 50.2 Å². The third-order valence-corrected chi connectivity index (χ3v) is 11.2. The average molecular weight is 589 g/mol. The number of ether oxygens (including phenoxy) is 1. The van der Waals surface area contributed by atoms with Crippen molar-refractivity contribution in [3.05, 3.63) is 98.3 Å². The van der Waals surface area contributed by atoms with Crippen molar-refractivity contribution in [2.75, 3.05) is 11.5 Å². The van der Waals surface area contributed by atoms with Crippen LogP contribution in [0.25, 0.3) is 16.6 Å². The van der Waals surface area contributed by atoms with Gasteiger partial charge in [-0.3, -0.25) is 24.8 Å². The van der Waals surface area contributed by atoms with Crippen LogP contribution in [0.5, 0.6) is 0 Å². The fourth-order valence-corrected chi connectivity index (χ4v) is 9.55. The molecular formula is C30H32N4O7Si. The molecule has 0 unspecified atom stereocenters. The zero-order valence-electron chi connectivity index (χ0n) is 23.5. The van der Waals surface area contributed by atoms with E-state index in [0.29, 0.717) is 27.8 Å². The molecule has 3 heterocycles. The number of hydrogen-bond acceptors (Lipinski definition) is 7. The third kappa shape index (κ3) is 4.21. The fourth-order valence-electron chi connectivity index (χ4n) is 6.95. The second-order valence-corrected chi connectivity index (χ2v) is 15.7. The maximum absolute atomic E-state index is 14.5. The summed E-state index contributed by atoms with van der Waals surface area (Å²) >= 11 is 0. The number of nitro benzene ring substituents is 1. The molecule has 0 saturated carbocycles. The largest absolute Gasteiger partial charge is 0.432 e. The summed E-state index contributed by atoms with van der Waals surface area (Å²) in [4.78, 5) is 51.6. The van der Waals surface area contributed by atoms with E-state index < -0.39 is 36.4 Å². The molecule has 0 bridgehead atoms. The van der Waals surface area contributed by atoms with Crippen LogP contribution in [-0.2, 0) is 21.7 Å². The number of benzene rings is 3. The van der Waals surface area contributed by atoms with Gasteiger partial charge in [0.2, 0.25) is 0 Å². The highest BCUT2D eigenvalue weighted by Crippen LogP contribution is 2.60. The molecule has 2 aliphatic heterocycles. The zero-order valence-corrected chi connectivity index (χ0v) is 24.5. The summed E-state index contributed by atoms with van der Waals surface area (Å²) in [5.74, 6) is -0.877. The third-order valence-electron chi connectivity index (χ3n) is 8.69. The molecule has 6 rings (SSSR count). The number of carbonyl (C=O) groups excluding carboxylic acids is 1. The first-order valence-electron chi connectivity index (χ1n) is 13.9. The smallest absolute Gasteiger partial charge is 0.279 e. The van der Waals surface area contributed by atoms with Crippen molar-refractivity contribution in [2.24, 2.45) is 5.92 Å². The molecule has 1 fully saturated rings. The molecule has 1 amide bonds. The highest BCUT2D eigenvalue weighted by atomic mass is 28.4. The van der Waals surface area contributed by atoms with E-state index in [1.54, 1.807) is 48.3 Å². The van der Waals surface area contributed by atoms with Gasteiger partial charge >= 0.3 is 0 Å². The molecule has 1 aromatic heterocycles. The molecule has 1 saturated heterocycles. The monoisotopic (exact) mass is 588 g/mol.